The van der Waals surface area contributed by atoms with E-state index in [1.54, 1.807) is 18.2 Å². The third-order valence-corrected chi connectivity index (χ3v) is 3.67. The van der Waals surface area contributed by atoms with Crippen molar-refractivity contribution in [1.82, 2.24) is 10.9 Å². The molecule has 0 heterocycles. The highest BCUT2D eigenvalue weighted by molar-refractivity contribution is 6.36. The molecule has 2 aromatic carbocycles. The average Bonchev–Trinajstić information content (AvgIpc) is 2.59. The van der Waals surface area contributed by atoms with Crippen LogP contribution in [-0.2, 0) is 0 Å². The molecule has 0 saturated heterocycles. The van der Waals surface area contributed by atoms with Crippen LogP contribution in [0.3, 0.4) is 0 Å². The summed E-state index contributed by atoms with van der Waals surface area (Å²) in [6, 6.07) is 8.63. The Morgan fingerprint density at radius 1 is 0.960 bits per heavy atom. The normalized spacial score (nSPS) is 9.92. The number of hydrogen-bond acceptors (Lipinski definition) is 4. The van der Waals surface area contributed by atoms with Crippen molar-refractivity contribution in [3.05, 3.63) is 52.0 Å². The first kappa shape index (κ1) is 18.7. The van der Waals surface area contributed by atoms with E-state index < -0.39 is 11.9 Å². The number of rotatable bonds is 4. The minimum Gasteiger partial charge on any atom is -0.497 e. The zero-order valence-corrected chi connectivity index (χ0v) is 14.9. The second-order valence-corrected chi connectivity index (χ2v) is 5.57. The van der Waals surface area contributed by atoms with Gasteiger partial charge in [0.15, 0.2) is 0 Å². The molecule has 0 spiro atoms. The summed E-state index contributed by atoms with van der Waals surface area (Å²) in [5, 5.41) is 3.11. The molecule has 132 valence electrons. The molecular weight excluding hydrogens is 369 g/mol. The Morgan fingerprint density at radius 2 is 1.72 bits per heavy atom. The van der Waals surface area contributed by atoms with Gasteiger partial charge < -0.3 is 14.8 Å². The molecule has 3 amide bonds. The number of carbonyl (C=O) groups excluding carboxylic acids is 2. The first-order chi connectivity index (χ1) is 11.9. The molecule has 25 heavy (non-hydrogen) atoms. The summed E-state index contributed by atoms with van der Waals surface area (Å²) in [5.74, 6) is 0.380. The summed E-state index contributed by atoms with van der Waals surface area (Å²) in [7, 11) is 2.97. The van der Waals surface area contributed by atoms with E-state index in [4.69, 9.17) is 32.7 Å². The van der Waals surface area contributed by atoms with Crippen LogP contribution in [0.1, 0.15) is 10.4 Å². The monoisotopic (exact) mass is 383 g/mol. The Hall–Kier alpha value is -2.64. The Kier molecular flexibility index (Phi) is 6.32. The molecule has 0 saturated carbocycles. The predicted octanol–water partition coefficient (Wildman–Crippen LogP) is 3.48. The molecule has 2 aromatic rings. The maximum atomic E-state index is 12.0. The highest BCUT2D eigenvalue weighted by Crippen LogP contribution is 2.28. The van der Waals surface area contributed by atoms with E-state index in [1.165, 1.54) is 32.4 Å². The maximum absolute atomic E-state index is 12.0. The number of halogens is 2. The number of anilines is 1. The van der Waals surface area contributed by atoms with E-state index >= 15 is 0 Å². The summed E-state index contributed by atoms with van der Waals surface area (Å²) in [5.41, 5.74) is 5.01. The topological polar surface area (TPSA) is 88.7 Å². The second-order valence-electron chi connectivity index (χ2n) is 4.72. The summed E-state index contributed by atoms with van der Waals surface area (Å²) in [6.07, 6.45) is 0. The van der Waals surface area contributed by atoms with E-state index in [0.29, 0.717) is 22.2 Å². The van der Waals surface area contributed by atoms with Crippen molar-refractivity contribution in [2.24, 2.45) is 0 Å². The van der Waals surface area contributed by atoms with Crippen molar-refractivity contribution in [1.29, 1.82) is 0 Å². The number of ether oxygens (including phenoxy) is 2. The molecule has 7 nitrogen and oxygen atoms in total. The van der Waals surface area contributed by atoms with Gasteiger partial charge in [-0.05, 0) is 30.3 Å². The standard InChI is InChI=1S/C16H15Cl2N3O4/c1-24-10-4-6-14(25-2)13(8-10)19-16(23)21-20-15(22)11-5-3-9(17)7-12(11)18/h3-8H,1-2H3,(H,20,22)(H2,19,21,23). The van der Waals surface area contributed by atoms with Crippen LogP contribution in [0.25, 0.3) is 0 Å². The smallest absolute Gasteiger partial charge is 0.338 e. The lowest BCUT2D eigenvalue weighted by molar-refractivity contribution is 0.0938. The fourth-order valence-corrected chi connectivity index (χ4v) is 2.41. The third-order valence-electron chi connectivity index (χ3n) is 3.12. The Morgan fingerprint density at radius 3 is 2.36 bits per heavy atom. The number of nitrogens with one attached hydrogen (secondary N) is 3. The van der Waals surface area contributed by atoms with E-state index in [9.17, 15) is 9.59 Å². The Labute approximate surface area is 154 Å². The molecule has 3 N–H and O–H groups in total. The van der Waals surface area contributed by atoms with Gasteiger partial charge in [0.1, 0.15) is 11.5 Å². The van der Waals surface area contributed by atoms with Gasteiger partial charge in [0.2, 0.25) is 0 Å². The molecule has 0 unspecified atom stereocenters. The van der Waals surface area contributed by atoms with Gasteiger partial charge in [0.25, 0.3) is 5.91 Å². The fraction of sp³-hybridized carbons (Fsp3) is 0.125. The van der Waals surface area contributed by atoms with Crippen LogP contribution in [0.5, 0.6) is 11.5 Å². The number of amides is 3. The SMILES string of the molecule is COc1ccc(OC)c(NC(=O)NNC(=O)c2ccc(Cl)cc2Cl)c1. The number of benzene rings is 2. The molecule has 0 atom stereocenters. The highest BCUT2D eigenvalue weighted by Gasteiger charge is 2.13. The first-order valence-corrected chi connectivity index (χ1v) is 7.74. The van der Waals surface area contributed by atoms with Crippen molar-refractivity contribution in [2.75, 3.05) is 19.5 Å². The molecule has 0 radical (unpaired) electrons. The molecule has 0 aromatic heterocycles. The van der Waals surface area contributed by atoms with Crippen LogP contribution >= 0.6 is 23.2 Å². The summed E-state index contributed by atoms with van der Waals surface area (Å²) < 4.78 is 10.2. The van der Waals surface area contributed by atoms with Gasteiger partial charge in [-0.2, -0.15) is 0 Å². The lowest BCUT2D eigenvalue weighted by Crippen LogP contribution is -2.44. The summed E-state index contributed by atoms with van der Waals surface area (Å²) >= 11 is 11.7. The number of methoxy groups -OCH3 is 2. The highest BCUT2D eigenvalue weighted by atomic mass is 35.5. The molecule has 2 rings (SSSR count). The number of carbonyl (C=O) groups is 2. The van der Waals surface area contributed by atoms with Gasteiger partial charge in [0, 0.05) is 11.1 Å². The van der Waals surface area contributed by atoms with Gasteiger partial charge in [-0.1, -0.05) is 23.2 Å². The third kappa shape index (κ3) is 4.91. The minimum atomic E-state index is -0.676. The minimum absolute atomic E-state index is 0.168. The lowest BCUT2D eigenvalue weighted by atomic mass is 10.2. The number of hydrazine groups is 1. The number of urea groups is 1. The van der Waals surface area contributed by atoms with Crippen LogP contribution in [0, 0.1) is 0 Å². The summed E-state index contributed by atoms with van der Waals surface area (Å²) in [4.78, 5) is 24.0. The molecule has 9 heteroatoms. The van der Waals surface area contributed by atoms with Crippen LogP contribution in [0.15, 0.2) is 36.4 Å². The Balaban J connectivity index is 2.00. The molecule has 0 aliphatic carbocycles. The fourth-order valence-electron chi connectivity index (χ4n) is 1.92. The van der Waals surface area contributed by atoms with Gasteiger partial charge in [-0.15, -0.1) is 0 Å². The molecular formula is C16H15Cl2N3O4. The van der Waals surface area contributed by atoms with Crippen molar-refractivity contribution in [3.8, 4) is 11.5 Å². The zero-order chi connectivity index (χ0) is 18.4. The van der Waals surface area contributed by atoms with Crippen LogP contribution in [0.2, 0.25) is 10.0 Å². The van der Waals surface area contributed by atoms with Gasteiger partial charge in [-0.3, -0.25) is 10.2 Å². The largest absolute Gasteiger partial charge is 0.497 e. The predicted molar refractivity (Wildman–Crippen MR) is 95.6 cm³/mol. The maximum Gasteiger partial charge on any atom is 0.338 e. The average molecular weight is 384 g/mol. The summed E-state index contributed by atoms with van der Waals surface area (Å²) in [6.45, 7) is 0. The Bertz CT molecular complexity index is 799. The van der Waals surface area contributed by atoms with Crippen LogP contribution in [-0.4, -0.2) is 26.2 Å². The van der Waals surface area contributed by atoms with Crippen molar-refractivity contribution < 1.29 is 19.1 Å². The van der Waals surface area contributed by atoms with Gasteiger partial charge in [0.05, 0.1) is 30.5 Å². The van der Waals surface area contributed by atoms with Gasteiger partial charge >= 0.3 is 6.03 Å². The zero-order valence-electron chi connectivity index (χ0n) is 13.4. The first-order valence-electron chi connectivity index (χ1n) is 6.99. The quantitative estimate of drug-likeness (QED) is 0.705. The molecule has 0 aliphatic heterocycles. The van der Waals surface area contributed by atoms with Crippen molar-refractivity contribution >= 4 is 40.8 Å². The van der Waals surface area contributed by atoms with E-state index in [-0.39, 0.29) is 10.6 Å². The number of hydrogen-bond donors (Lipinski definition) is 3. The second kappa shape index (κ2) is 8.46. The van der Waals surface area contributed by atoms with E-state index in [2.05, 4.69) is 16.2 Å². The van der Waals surface area contributed by atoms with Crippen LogP contribution < -0.4 is 25.6 Å². The lowest BCUT2D eigenvalue weighted by Gasteiger charge is -2.13. The molecule has 0 bridgehead atoms. The van der Waals surface area contributed by atoms with Crippen LogP contribution in [0.4, 0.5) is 10.5 Å². The van der Waals surface area contributed by atoms with E-state index in [0.717, 1.165) is 0 Å². The molecule has 0 fully saturated rings. The van der Waals surface area contributed by atoms with Gasteiger partial charge in [-0.25, -0.2) is 10.2 Å². The van der Waals surface area contributed by atoms with Crippen molar-refractivity contribution in [3.63, 3.8) is 0 Å². The van der Waals surface area contributed by atoms with E-state index in [1.807, 2.05) is 0 Å². The van der Waals surface area contributed by atoms with Crippen molar-refractivity contribution in [2.45, 2.75) is 0 Å². The molecule has 0 aliphatic rings.